The van der Waals surface area contributed by atoms with E-state index < -0.39 is 18.0 Å². The minimum absolute atomic E-state index is 0.0145. The van der Waals surface area contributed by atoms with Crippen LogP contribution in [0.3, 0.4) is 0 Å². The van der Waals surface area contributed by atoms with Crippen molar-refractivity contribution < 1.29 is 14.4 Å². The average molecular weight is 411 g/mol. The number of imide groups is 1. The molecule has 0 fully saturated rings. The highest BCUT2D eigenvalue weighted by molar-refractivity contribution is 6.03. The van der Waals surface area contributed by atoms with Gasteiger partial charge in [0.15, 0.2) is 0 Å². The Balaban J connectivity index is 1.89. The number of amides is 4. The molecule has 0 saturated heterocycles. The number of benzene rings is 2. The molecule has 0 spiro atoms. The van der Waals surface area contributed by atoms with Crippen LogP contribution < -0.4 is 16.0 Å². The van der Waals surface area contributed by atoms with Crippen molar-refractivity contribution in [2.75, 3.05) is 24.2 Å². The smallest absolute Gasteiger partial charge is 0.325 e. The summed E-state index contributed by atoms with van der Waals surface area (Å²) >= 11 is 0. The van der Waals surface area contributed by atoms with Crippen molar-refractivity contribution in [1.29, 1.82) is 0 Å². The van der Waals surface area contributed by atoms with Gasteiger partial charge in [0.2, 0.25) is 11.8 Å². The van der Waals surface area contributed by atoms with E-state index in [0.29, 0.717) is 5.69 Å². The second kappa shape index (κ2) is 10.0. The lowest BCUT2D eigenvalue weighted by atomic mass is 10.1. The molecule has 0 aliphatic carbocycles. The number of nitrogens with zero attached hydrogens (tertiary/aromatic N) is 1. The fourth-order valence-corrected chi connectivity index (χ4v) is 2.96. The van der Waals surface area contributed by atoms with Crippen LogP contribution in [0.5, 0.6) is 0 Å². The molecule has 0 saturated carbocycles. The number of rotatable bonds is 6. The largest absolute Gasteiger partial charge is 0.325 e. The summed E-state index contributed by atoms with van der Waals surface area (Å²) in [4.78, 5) is 38.6. The van der Waals surface area contributed by atoms with E-state index in [4.69, 9.17) is 0 Å². The first-order valence-electron chi connectivity index (χ1n) is 9.84. The molecule has 2 rings (SSSR count). The Bertz CT molecular complexity index is 955. The van der Waals surface area contributed by atoms with E-state index in [9.17, 15) is 14.4 Å². The van der Waals surface area contributed by atoms with Gasteiger partial charge in [0.05, 0.1) is 12.6 Å². The predicted octanol–water partition coefficient (Wildman–Crippen LogP) is 3.53. The van der Waals surface area contributed by atoms with Gasteiger partial charge in [0, 0.05) is 11.4 Å². The standard InChI is InChI=1S/C23H30N4O3/c1-14-10-11-19(16(3)12-14)25-23(30)26-22(29)18(5)27(6)13-21(28)24-20-9-7-8-15(2)17(20)4/h7-12,18H,13H2,1-6H3,(H,24,28)(H2,25,26,29,30)/t18-/m0/s1. The van der Waals surface area contributed by atoms with Crippen molar-refractivity contribution in [1.82, 2.24) is 10.2 Å². The molecular formula is C23H30N4O3. The summed E-state index contributed by atoms with van der Waals surface area (Å²) in [7, 11) is 1.66. The number of hydrogen-bond donors (Lipinski definition) is 3. The van der Waals surface area contributed by atoms with E-state index >= 15 is 0 Å². The van der Waals surface area contributed by atoms with Gasteiger partial charge in [0.25, 0.3) is 0 Å². The lowest BCUT2D eigenvalue weighted by Crippen LogP contribution is -2.48. The fourth-order valence-electron chi connectivity index (χ4n) is 2.96. The number of carbonyl (C=O) groups excluding carboxylic acids is 3. The third-order valence-corrected chi connectivity index (χ3v) is 5.18. The number of carbonyl (C=O) groups is 3. The predicted molar refractivity (Wildman–Crippen MR) is 120 cm³/mol. The molecule has 3 N–H and O–H groups in total. The number of hydrogen-bond acceptors (Lipinski definition) is 4. The fraction of sp³-hybridized carbons (Fsp3) is 0.348. The van der Waals surface area contributed by atoms with E-state index in [0.717, 1.165) is 27.9 Å². The maximum absolute atomic E-state index is 12.4. The van der Waals surface area contributed by atoms with Crippen molar-refractivity contribution in [3.8, 4) is 0 Å². The molecule has 0 aliphatic rings. The van der Waals surface area contributed by atoms with Crippen LogP contribution in [-0.4, -0.2) is 42.4 Å². The van der Waals surface area contributed by atoms with E-state index in [-0.39, 0.29) is 12.5 Å². The summed E-state index contributed by atoms with van der Waals surface area (Å²) < 4.78 is 0. The summed E-state index contributed by atoms with van der Waals surface area (Å²) in [5, 5.41) is 7.87. The molecule has 0 unspecified atom stereocenters. The Labute approximate surface area is 177 Å². The first-order chi connectivity index (χ1) is 14.1. The maximum atomic E-state index is 12.4. The number of likely N-dealkylation sites (N-methyl/N-ethyl adjacent to an activating group) is 1. The molecule has 0 bridgehead atoms. The monoisotopic (exact) mass is 410 g/mol. The molecule has 0 radical (unpaired) electrons. The summed E-state index contributed by atoms with van der Waals surface area (Å²) in [5.41, 5.74) is 5.47. The van der Waals surface area contributed by atoms with Gasteiger partial charge in [-0.15, -0.1) is 0 Å². The first-order valence-corrected chi connectivity index (χ1v) is 9.84. The zero-order valence-corrected chi connectivity index (χ0v) is 18.4. The van der Waals surface area contributed by atoms with Crippen LogP contribution in [0.1, 0.15) is 29.2 Å². The molecule has 0 aromatic heterocycles. The van der Waals surface area contributed by atoms with Gasteiger partial charge >= 0.3 is 6.03 Å². The van der Waals surface area contributed by atoms with Crippen molar-refractivity contribution >= 4 is 29.2 Å². The molecule has 4 amide bonds. The molecule has 2 aromatic carbocycles. The second-order valence-corrected chi connectivity index (χ2v) is 7.65. The highest BCUT2D eigenvalue weighted by Crippen LogP contribution is 2.18. The number of nitrogens with one attached hydrogen (secondary N) is 3. The summed E-state index contributed by atoms with van der Waals surface area (Å²) in [5.74, 6) is -0.718. The van der Waals surface area contributed by atoms with Crippen LogP contribution in [0.25, 0.3) is 0 Å². The normalized spacial score (nSPS) is 11.7. The van der Waals surface area contributed by atoms with Gasteiger partial charge in [-0.1, -0.05) is 29.8 Å². The molecule has 0 heterocycles. The van der Waals surface area contributed by atoms with Crippen LogP contribution in [0.2, 0.25) is 0 Å². The molecule has 1 atom stereocenters. The molecule has 2 aromatic rings. The van der Waals surface area contributed by atoms with Crippen molar-refractivity contribution in [3.05, 3.63) is 58.7 Å². The summed E-state index contributed by atoms with van der Waals surface area (Å²) in [6.07, 6.45) is 0. The molecule has 0 aliphatic heterocycles. The van der Waals surface area contributed by atoms with Crippen LogP contribution in [0.4, 0.5) is 16.2 Å². The van der Waals surface area contributed by atoms with E-state index in [1.807, 2.05) is 58.0 Å². The summed E-state index contributed by atoms with van der Waals surface area (Å²) in [6, 6.07) is 10.1. The topological polar surface area (TPSA) is 90.5 Å². The minimum Gasteiger partial charge on any atom is -0.325 e. The number of aryl methyl sites for hydroxylation is 3. The summed E-state index contributed by atoms with van der Waals surface area (Å²) in [6.45, 7) is 9.43. The Hall–Kier alpha value is -3.19. The number of urea groups is 1. The van der Waals surface area contributed by atoms with Gasteiger partial charge in [-0.2, -0.15) is 0 Å². The highest BCUT2D eigenvalue weighted by Gasteiger charge is 2.22. The maximum Gasteiger partial charge on any atom is 0.325 e. The van der Waals surface area contributed by atoms with E-state index in [1.165, 1.54) is 0 Å². The lowest BCUT2D eigenvalue weighted by Gasteiger charge is -2.23. The zero-order valence-electron chi connectivity index (χ0n) is 18.4. The van der Waals surface area contributed by atoms with Gasteiger partial charge in [-0.3, -0.25) is 19.8 Å². The van der Waals surface area contributed by atoms with Crippen LogP contribution in [0, 0.1) is 27.7 Å². The second-order valence-electron chi connectivity index (χ2n) is 7.65. The lowest BCUT2D eigenvalue weighted by molar-refractivity contribution is -0.125. The van der Waals surface area contributed by atoms with E-state index in [1.54, 1.807) is 24.9 Å². The highest BCUT2D eigenvalue weighted by atomic mass is 16.2. The van der Waals surface area contributed by atoms with Gasteiger partial charge in [0.1, 0.15) is 0 Å². The van der Waals surface area contributed by atoms with Gasteiger partial charge in [-0.05, 0) is 70.5 Å². The molecular weight excluding hydrogens is 380 g/mol. The Morgan fingerprint density at radius 2 is 1.63 bits per heavy atom. The third-order valence-electron chi connectivity index (χ3n) is 5.18. The quantitative estimate of drug-likeness (QED) is 0.680. The molecule has 30 heavy (non-hydrogen) atoms. The third kappa shape index (κ3) is 6.15. The van der Waals surface area contributed by atoms with Crippen LogP contribution in [0.15, 0.2) is 36.4 Å². The van der Waals surface area contributed by atoms with E-state index in [2.05, 4.69) is 16.0 Å². The van der Waals surface area contributed by atoms with Crippen molar-refractivity contribution in [2.45, 2.75) is 40.7 Å². The SMILES string of the molecule is Cc1ccc(NC(=O)NC(=O)[C@H](C)N(C)CC(=O)Nc2cccc(C)c2C)c(C)c1. The van der Waals surface area contributed by atoms with Crippen molar-refractivity contribution in [2.24, 2.45) is 0 Å². The molecule has 7 nitrogen and oxygen atoms in total. The zero-order chi connectivity index (χ0) is 22.4. The Kier molecular flexibility index (Phi) is 7.72. The Morgan fingerprint density at radius 1 is 0.933 bits per heavy atom. The van der Waals surface area contributed by atoms with Gasteiger partial charge < -0.3 is 10.6 Å². The number of anilines is 2. The Morgan fingerprint density at radius 3 is 2.30 bits per heavy atom. The average Bonchev–Trinajstić information content (AvgIpc) is 2.66. The van der Waals surface area contributed by atoms with Gasteiger partial charge in [-0.25, -0.2) is 4.79 Å². The molecule has 7 heteroatoms. The molecule has 160 valence electrons. The minimum atomic E-state index is -0.667. The van der Waals surface area contributed by atoms with Crippen LogP contribution in [-0.2, 0) is 9.59 Å². The van der Waals surface area contributed by atoms with Crippen LogP contribution >= 0.6 is 0 Å². The first kappa shape index (κ1) is 23.1. The van der Waals surface area contributed by atoms with Crippen molar-refractivity contribution in [3.63, 3.8) is 0 Å².